The van der Waals surface area contributed by atoms with Crippen LogP contribution in [-0.4, -0.2) is 46.1 Å². The highest BCUT2D eigenvalue weighted by atomic mass is 32.1. The zero-order valence-electron chi connectivity index (χ0n) is 14.5. The molecule has 2 aromatic heterocycles. The minimum Gasteiger partial charge on any atom is -0.361 e. The fourth-order valence-corrected chi connectivity index (χ4v) is 3.81. The molecule has 3 rings (SSSR count). The number of aromatic nitrogens is 2. The van der Waals surface area contributed by atoms with Crippen LogP contribution in [0.15, 0.2) is 16.0 Å². The van der Waals surface area contributed by atoms with Crippen LogP contribution >= 0.6 is 11.3 Å². The fourth-order valence-electron chi connectivity index (χ4n) is 2.75. The Bertz CT molecular complexity index is 635. The molecule has 0 aliphatic carbocycles. The third-order valence-corrected chi connectivity index (χ3v) is 5.04. The summed E-state index contributed by atoms with van der Waals surface area (Å²) < 4.78 is 5.14. The zero-order chi connectivity index (χ0) is 16.4. The predicted molar refractivity (Wildman–Crippen MR) is 92.6 cm³/mol. The fraction of sp³-hybridized carbons (Fsp3) is 0.647. The van der Waals surface area contributed by atoms with Crippen molar-refractivity contribution in [3.05, 3.63) is 33.6 Å². The summed E-state index contributed by atoms with van der Waals surface area (Å²) in [7, 11) is 0. The number of hydrogen-bond donors (Lipinski definition) is 0. The van der Waals surface area contributed by atoms with E-state index in [1.165, 1.54) is 10.7 Å². The van der Waals surface area contributed by atoms with E-state index in [1.54, 1.807) is 11.3 Å². The van der Waals surface area contributed by atoms with Gasteiger partial charge < -0.3 is 4.52 Å². The van der Waals surface area contributed by atoms with Gasteiger partial charge in [-0.3, -0.25) is 9.80 Å². The molecule has 0 bridgehead atoms. The van der Waals surface area contributed by atoms with Crippen LogP contribution in [0.5, 0.6) is 0 Å². The van der Waals surface area contributed by atoms with Gasteiger partial charge >= 0.3 is 0 Å². The van der Waals surface area contributed by atoms with E-state index < -0.39 is 0 Å². The second kappa shape index (κ2) is 6.71. The summed E-state index contributed by atoms with van der Waals surface area (Å²) in [4.78, 5) is 9.74. The summed E-state index contributed by atoms with van der Waals surface area (Å²) >= 11 is 1.79. The monoisotopic (exact) mass is 334 g/mol. The van der Waals surface area contributed by atoms with Gasteiger partial charge in [0.05, 0.1) is 17.9 Å². The van der Waals surface area contributed by atoms with E-state index in [0.717, 1.165) is 50.7 Å². The van der Waals surface area contributed by atoms with E-state index in [1.807, 2.05) is 13.0 Å². The van der Waals surface area contributed by atoms with Crippen molar-refractivity contribution in [3.8, 4) is 0 Å². The second-order valence-corrected chi connectivity index (χ2v) is 8.30. The van der Waals surface area contributed by atoms with Gasteiger partial charge in [0.25, 0.3) is 0 Å². The van der Waals surface area contributed by atoms with Gasteiger partial charge in [-0.25, -0.2) is 4.98 Å². The number of nitrogens with zero attached hydrogens (tertiary/aromatic N) is 4. The van der Waals surface area contributed by atoms with Crippen LogP contribution < -0.4 is 0 Å². The molecular formula is C17H26N4OS. The Labute approximate surface area is 142 Å². The molecule has 1 fully saturated rings. The average Bonchev–Trinajstić information content (AvgIpc) is 3.10. The Morgan fingerprint density at radius 3 is 2.30 bits per heavy atom. The Balaban J connectivity index is 1.48. The summed E-state index contributed by atoms with van der Waals surface area (Å²) in [6, 6.07) is 2.02. The van der Waals surface area contributed by atoms with Crippen LogP contribution in [0.3, 0.4) is 0 Å². The van der Waals surface area contributed by atoms with Gasteiger partial charge in [-0.1, -0.05) is 25.9 Å². The third kappa shape index (κ3) is 4.40. The lowest BCUT2D eigenvalue weighted by atomic mass is 9.93. The molecule has 126 valence electrons. The van der Waals surface area contributed by atoms with Gasteiger partial charge in [-0.05, 0) is 6.92 Å². The molecule has 0 aromatic carbocycles. The molecule has 0 spiro atoms. The van der Waals surface area contributed by atoms with Crippen molar-refractivity contribution >= 4 is 11.3 Å². The summed E-state index contributed by atoms with van der Waals surface area (Å²) in [6.07, 6.45) is 0. The highest BCUT2D eigenvalue weighted by Gasteiger charge is 2.21. The van der Waals surface area contributed by atoms with Crippen molar-refractivity contribution in [2.75, 3.05) is 26.2 Å². The molecule has 0 saturated carbocycles. The van der Waals surface area contributed by atoms with Crippen molar-refractivity contribution in [3.63, 3.8) is 0 Å². The van der Waals surface area contributed by atoms with Crippen molar-refractivity contribution in [2.24, 2.45) is 0 Å². The van der Waals surface area contributed by atoms with Crippen LogP contribution in [0.4, 0.5) is 0 Å². The summed E-state index contributed by atoms with van der Waals surface area (Å²) in [5.41, 5.74) is 2.38. The maximum absolute atomic E-state index is 5.14. The molecule has 23 heavy (non-hydrogen) atoms. The SMILES string of the molecule is Cc1cc(CN2CCN(Cc3nc(C(C)(C)C)cs3)CC2)no1. The van der Waals surface area contributed by atoms with E-state index in [2.05, 4.69) is 41.1 Å². The number of hydrogen-bond acceptors (Lipinski definition) is 6. The largest absolute Gasteiger partial charge is 0.361 e. The number of aryl methyl sites for hydroxylation is 1. The second-order valence-electron chi connectivity index (χ2n) is 7.36. The highest BCUT2D eigenvalue weighted by Crippen LogP contribution is 2.24. The summed E-state index contributed by atoms with van der Waals surface area (Å²) in [5.74, 6) is 0.886. The van der Waals surface area contributed by atoms with E-state index in [9.17, 15) is 0 Å². The Hall–Kier alpha value is -1.24. The van der Waals surface area contributed by atoms with Gasteiger partial charge in [0, 0.05) is 49.6 Å². The molecule has 5 nitrogen and oxygen atoms in total. The first-order valence-electron chi connectivity index (χ1n) is 8.22. The first-order chi connectivity index (χ1) is 10.9. The molecule has 0 N–H and O–H groups in total. The minimum absolute atomic E-state index is 0.142. The quantitative estimate of drug-likeness (QED) is 0.860. The van der Waals surface area contributed by atoms with Crippen LogP contribution in [0.25, 0.3) is 0 Å². The Morgan fingerprint density at radius 2 is 1.78 bits per heavy atom. The molecular weight excluding hydrogens is 308 g/mol. The maximum atomic E-state index is 5.14. The van der Waals surface area contributed by atoms with Crippen molar-refractivity contribution in [2.45, 2.75) is 46.2 Å². The molecule has 1 aliphatic rings. The Morgan fingerprint density at radius 1 is 1.13 bits per heavy atom. The lowest BCUT2D eigenvalue weighted by molar-refractivity contribution is 0.120. The average molecular weight is 334 g/mol. The molecule has 1 saturated heterocycles. The van der Waals surface area contributed by atoms with E-state index in [4.69, 9.17) is 9.51 Å². The molecule has 0 unspecified atom stereocenters. The lowest BCUT2D eigenvalue weighted by Crippen LogP contribution is -2.45. The molecule has 0 amide bonds. The topological polar surface area (TPSA) is 45.4 Å². The smallest absolute Gasteiger partial charge is 0.133 e. The van der Waals surface area contributed by atoms with Crippen LogP contribution in [-0.2, 0) is 18.5 Å². The first kappa shape index (κ1) is 16.6. The van der Waals surface area contributed by atoms with Crippen molar-refractivity contribution < 1.29 is 4.52 Å². The van der Waals surface area contributed by atoms with Crippen molar-refractivity contribution in [1.82, 2.24) is 19.9 Å². The number of piperazine rings is 1. The van der Waals surface area contributed by atoms with Gasteiger partial charge in [-0.15, -0.1) is 11.3 Å². The summed E-state index contributed by atoms with van der Waals surface area (Å²) in [6.45, 7) is 14.8. The van der Waals surface area contributed by atoms with E-state index in [0.29, 0.717) is 0 Å². The zero-order valence-corrected chi connectivity index (χ0v) is 15.3. The maximum Gasteiger partial charge on any atom is 0.133 e. The minimum atomic E-state index is 0.142. The molecule has 3 heterocycles. The number of rotatable bonds is 4. The summed E-state index contributed by atoms with van der Waals surface area (Å²) in [5, 5.41) is 7.52. The van der Waals surface area contributed by atoms with Gasteiger partial charge in [0.15, 0.2) is 0 Å². The highest BCUT2D eigenvalue weighted by molar-refractivity contribution is 7.09. The molecule has 0 radical (unpaired) electrons. The molecule has 2 aromatic rings. The normalized spacial score (nSPS) is 17.7. The molecule has 1 aliphatic heterocycles. The first-order valence-corrected chi connectivity index (χ1v) is 9.10. The van der Waals surface area contributed by atoms with Crippen LogP contribution in [0.2, 0.25) is 0 Å². The third-order valence-electron chi connectivity index (χ3n) is 4.21. The standard InChI is InChI=1S/C17H26N4OS/c1-13-9-14(19-22-13)10-20-5-7-21(8-6-20)11-16-18-15(12-23-16)17(2,3)4/h9,12H,5-8,10-11H2,1-4H3. The van der Waals surface area contributed by atoms with Gasteiger partial charge in [-0.2, -0.15) is 0 Å². The van der Waals surface area contributed by atoms with E-state index >= 15 is 0 Å². The van der Waals surface area contributed by atoms with Gasteiger partial charge in [0.1, 0.15) is 10.8 Å². The van der Waals surface area contributed by atoms with Gasteiger partial charge in [0.2, 0.25) is 0 Å². The number of thiazole rings is 1. The molecule has 6 heteroatoms. The van der Waals surface area contributed by atoms with E-state index in [-0.39, 0.29) is 5.41 Å². The predicted octanol–water partition coefficient (Wildman–Crippen LogP) is 3.05. The lowest BCUT2D eigenvalue weighted by Gasteiger charge is -2.33. The van der Waals surface area contributed by atoms with Crippen LogP contribution in [0.1, 0.15) is 42.9 Å². The van der Waals surface area contributed by atoms with Crippen molar-refractivity contribution in [1.29, 1.82) is 0 Å². The molecule has 0 atom stereocenters. The van der Waals surface area contributed by atoms with Crippen LogP contribution in [0, 0.1) is 6.92 Å². The Kier molecular flexibility index (Phi) is 4.85.